The van der Waals surface area contributed by atoms with Gasteiger partial charge in [0.15, 0.2) is 24.7 Å². The first-order valence-electron chi connectivity index (χ1n) is 23.5. The van der Waals surface area contributed by atoms with Gasteiger partial charge in [0.05, 0.1) is 44.7 Å². The highest BCUT2D eigenvalue weighted by Crippen LogP contribution is 2.69. The van der Waals surface area contributed by atoms with Gasteiger partial charge in [0.25, 0.3) is 0 Å². The zero-order valence-corrected chi connectivity index (χ0v) is 37.0. The Kier molecular flexibility index (Phi) is 13.3. The molecule has 0 amide bonds. The zero-order chi connectivity index (χ0) is 45.8. The molecule has 5 aliphatic heterocycles. The number of fused-ring (bicyclic) bond motifs is 7. The van der Waals surface area contributed by atoms with E-state index in [1.165, 1.54) is 5.57 Å². The summed E-state index contributed by atoms with van der Waals surface area (Å²) in [5.41, 5.74) is 0.430. The van der Waals surface area contributed by atoms with Crippen LogP contribution >= 0.6 is 0 Å². The van der Waals surface area contributed by atoms with E-state index in [9.17, 15) is 55.9 Å². The number of carbonyl (C=O) groups is 1. The Bertz CT molecular complexity index is 1710. The molecular formula is C45H70O19. The standard InChI is InChI=1S/C45H70O19/c1-18-30-26(64-45(18)10-7-20(17-58-45)16-57-40-36(54)33(51)31(49)27(14-46)61-40)12-25-23-6-5-21-11-22(8-9-43(21,3)24(23)13-29(48)44(25,30)4)60-41-38(56)35(53)39(19(2)59-41)63-42-37(55)34(52)32(50)28(15-47)62-42/h5,18-20,22-28,30-42,46-47,49-56H,6-17H2,1-4H3/t18-,19+,20-,22-,23+,24-,25-,26-,27+,28+,30-,31+,32+,33-,34-,35+,36+,37+,38+,39-,40+,41-,42-,43-,44+,45+/m0/s1. The van der Waals surface area contributed by atoms with E-state index in [1.54, 1.807) is 6.92 Å². The minimum Gasteiger partial charge on any atom is -0.394 e. The molecule has 26 atom stereocenters. The average molecular weight is 915 g/mol. The van der Waals surface area contributed by atoms with E-state index in [2.05, 4.69) is 26.8 Å². The monoisotopic (exact) mass is 914 g/mol. The first-order valence-corrected chi connectivity index (χ1v) is 23.5. The minimum atomic E-state index is -1.69. The number of ketones is 1. The number of aliphatic hydroxyl groups is 10. The molecule has 5 heterocycles. The van der Waals surface area contributed by atoms with Gasteiger partial charge < -0.3 is 89.0 Å². The molecule has 0 radical (unpaired) electrons. The zero-order valence-electron chi connectivity index (χ0n) is 37.0. The molecule has 0 aromatic heterocycles. The van der Waals surface area contributed by atoms with Gasteiger partial charge in [-0.3, -0.25) is 4.79 Å². The van der Waals surface area contributed by atoms with E-state index in [1.807, 2.05) is 0 Å². The normalized spacial score (nSPS) is 56.2. The van der Waals surface area contributed by atoms with E-state index in [-0.39, 0.29) is 59.6 Å². The SMILES string of the molecule is C[C@H]1O[C@@H](O[C@H]2CC[C@@]3(C)C(=CC[C@H]4[C@@H]5C[C@@H]6O[C@]7(CC[C@@H](CO[C@@H]8O[C@H](CO)[C@@H](O)[C@H](O)[C@H]8O)CO7)[C@@H](C)[C@@H]6[C@@]5(C)C(=O)C[C@@H]43)C2)[C@H](O)[C@@H](O)[C@H]1O[C@@H]1O[C@H](CO)[C@@H](O)[C@H](O)[C@H]1O. The van der Waals surface area contributed by atoms with Gasteiger partial charge in [-0.1, -0.05) is 32.4 Å². The highest BCUT2D eigenvalue weighted by Gasteiger charge is 2.71. The van der Waals surface area contributed by atoms with Gasteiger partial charge in [-0.25, -0.2) is 0 Å². The molecule has 64 heavy (non-hydrogen) atoms. The fraction of sp³-hybridized carbons (Fsp3) is 0.933. The Labute approximate surface area is 372 Å². The van der Waals surface area contributed by atoms with Gasteiger partial charge in [0, 0.05) is 36.0 Å². The molecule has 9 rings (SSSR count). The first-order chi connectivity index (χ1) is 30.4. The van der Waals surface area contributed by atoms with Gasteiger partial charge in [0.1, 0.15) is 72.9 Å². The summed E-state index contributed by atoms with van der Waals surface area (Å²) < 4.78 is 48.5. The molecule has 19 nitrogen and oxygen atoms in total. The molecule has 4 aliphatic carbocycles. The van der Waals surface area contributed by atoms with Gasteiger partial charge in [-0.2, -0.15) is 0 Å². The third kappa shape index (κ3) is 7.69. The molecule has 0 unspecified atom stereocenters. The van der Waals surface area contributed by atoms with Crippen LogP contribution in [-0.4, -0.2) is 193 Å². The molecule has 3 saturated carbocycles. The molecule has 9 aliphatic rings. The number of rotatable bonds is 9. The highest BCUT2D eigenvalue weighted by atomic mass is 16.7. The van der Waals surface area contributed by atoms with Crippen LogP contribution in [0.15, 0.2) is 11.6 Å². The van der Waals surface area contributed by atoms with Crippen molar-refractivity contribution in [2.24, 2.45) is 46.3 Å². The molecule has 1 spiro atoms. The van der Waals surface area contributed by atoms with Crippen LogP contribution in [0.4, 0.5) is 0 Å². The topological polar surface area (TPSA) is 293 Å². The molecule has 0 bridgehead atoms. The van der Waals surface area contributed by atoms with Gasteiger partial charge in [-0.15, -0.1) is 0 Å². The Hall–Kier alpha value is -1.31. The van der Waals surface area contributed by atoms with Crippen LogP contribution in [0.3, 0.4) is 0 Å². The lowest BCUT2D eigenvalue weighted by Crippen LogP contribution is -2.64. The average Bonchev–Trinajstić information content (AvgIpc) is 3.73. The summed E-state index contributed by atoms with van der Waals surface area (Å²) in [5, 5.41) is 103. The number of aliphatic hydroxyl groups excluding tert-OH is 10. The predicted octanol–water partition coefficient (Wildman–Crippen LogP) is -1.63. The molecular weight excluding hydrogens is 844 g/mol. The molecule has 0 aromatic carbocycles. The van der Waals surface area contributed by atoms with Crippen LogP contribution < -0.4 is 0 Å². The number of hydrogen-bond donors (Lipinski definition) is 10. The van der Waals surface area contributed by atoms with Crippen molar-refractivity contribution in [2.75, 3.05) is 26.4 Å². The Morgan fingerprint density at radius 2 is 1.38 bits per heavy atom. The number of ether oxygens (including phenoxy) is 8. The van der Waals surface area contributed by atoms with Crippen LogP contribution in [0.2, 0.25) is 0 Å². The van der Waals surface area contributed by atoms with Gasteiger partial charge in [0.2, 0.25) is 0 Å². The number of hydrogen-bond acceptors (Lipinski definition) is 19. The van der Waals surface area contributed by atoms with Crippen molar-refractivity contribution < 1.29 is 93.8 Å². The molecule has 5 saturated heterocycles. The van der Waals surface area contributed by atoms with Crippen molar-refractivity contribution >= 4 is 5.78 Å². The predicted molar refractivity (Wildman–Crippen MR) is 216 cm³/mol. The molecule has 0 aromatic rings. The fourth-order valence-corrected chi connectivity index (χ4v) is 13.8. The second-order valence-electron chi connectivity index (χ2n) is 20.9. The molecule has 8 fully saturated rings. The summed E-state index contributed by atoms with van der Waals surface area (Å²) in [5.74, 6) is -0.0428. The molecule has 364 valence electrons. The summed E-state index contributed by atoms with van der Waals surface area (Å²) in [4.78, 5) is 14.7. The van der Waals surface area contributed by atoms with Crippen LogP contribution in [0, 0.1) is 46.3 Å². The van der Waals surface area contributed by atoms with Gasteiger partial charge >= 0.3 is 0 Å². The van der Waals surface area contributed by atoms with E-state index in [0.29, 0.717) is 44.6 Å². The smallest absolute Gasteiger partial charge is 0.187 e. The number of Topliss-reactive ketones (excluding diaryl/α,β-unsaturated/α-hetero) is 1. The van der Waals surface area contributed by atoms with Crippen LogP contribution in [-0.2, 0) is 42.7 Å². The third-order valence-electron chi connectivity index (χ3n) is 17.6. The van der Waals surface area contributed by atoms with E-state index >= 15 is 0 Å². The Morgan fingerprint density at radius 1 is 0.734 bits per heavy atom. The minimum absolute atomic E-state index is 0.00273. The third-order valence-corrected chi connectivity index (χ3v) is 17.6. The summed E-state index contributed by atoms with van der Waals surface area (Å²) in [6.45, 7) is 7.54. The van der Waals surface area contributed by atoms with Crippen molar-refractivity contribution in [3.8, 4) is 0 Å². The van der Waals surface area contributed by atoms with Crippen molar-refractivity contribution in [1.29, 1.82) is 0 Å². The summed E-state index contributed by atoms with van der Waals surface area (Å²) in [7, 11) is 0. The van der Waals surface area contributed by atoms with Crippen molar-refractivity contribution in [3.63, 3.8) is 0 Å². The highest BCUT2D eigenvalue weighted by molar-refractivity contribution is 5.87. The van der Waals surface area contributed by atoms with Crippen LogP contribution in [0.25, 0.3) is 0 Å². The largest absolute Gasteiger partial charge is 0.394 e. The van der Waals surface area contributed by atoms with E-state index in [4.69, 9.17) is 37.9 Å². The van der Waals surface area contributed by atoms with E-state index < -0.39 is 117 Å². The van der Waals surface area contributed by atoms with Crippen molar-refractivity contribution in [2.45, 2.75) is 189 Å². The van der Waals surface area contributed by atoms with Crippen LogP contribution in [0.1, 0.15) is 79.1 Å². The second kappa shape index (κ2) is 17.9. The lowest BCUT2D eigenvalue weighted by atomic mass is 9.46. The number of allylic oxidation sites excluding steroid dienone is 1. The summed E-state index contributed by atoms with van der Waals surface area (Å²) in [6, 6.07) is 0. The fourth-order valence-electron chi connectivity index (χ4n) is 13.8. The number of carbonyl (C=O) groups excluding carboxylic acids is 1. The lowest BCUT2D eigenvalue weighted by molar-refractivity contribution is -0.359. The maximum atomic E-state index is 14.7. The van der Waals surface area contributed by atoms with Crippen LogP contribution in [0.5, 0.6) is 0 Å². The Balaban J connectivity index is 0.801. The summed E-state index contributed by atoms with van der Waals surface area (Å²) in [6.07, 6.45) is -13.4. The summed E-state index contributed by atoms with van der Waals surface area (Å²) >= 11 is 0. The maximum absolute atomic E-state index is 14.7. The van der Waals surface area contributed by atoms with Crippen molar-refractivity contribution in [1.82, 2.24) is 0 Å². The molecule has 19 heteroatoms. The molecule has 10 N–H and O–H groups in total. The quantitative estimate of drug-likeness (QED) is 0.116. The lowest BCUT2D eigenvalue weighted by Gasteiger charge is -2.58. The first kappa shape index (κ1) is 47.7. The second-order valence-corrected chi connectivity index (χ2v) is 20.9. The van der Waals surface area contributed by atoms with Gasteiger partial charge in [-0.05, 0) is 68.6 Å². The van der Waals surface area contributed by atoms with E-state index in [0.717, 1.165) is 19.3 Å². The van der Waals surface area contributed by atoms with Crippen molar-refractivity contribution in [3.05, 3.63) is 11.6 Å². The maximum Gasteiger partial charge on any atom is 0.187 e. The Morgan fingerprint density at radius 3 is 2.03 bits per heavy atom.